The van der Waals surface area contributed by atoms with Crippen molar-refractivity contribution >= 4 is 17.4 Å². The SMILES string of the molecule is CCCCCC/C=C/[C@@H](CC(=O)C(F)(F)F)c1ccc(Cl)cc1. The number of halogens is 4. The van der Waals surface area contributed by atoms with Gasteiger partial charge in [-0.1, -0.05) is 62.1 Å². The first-order chi connectivity index (χ1) is 10.8. The van der Waals surface area contributed by atoms with Crippen molar-refractivity contribution in [2.45, 2.75) is 57.5 Å². The van der Waals surface area contributed by atoms with Crippen molar-refractivity contribution in [2.75, 3.05) is 0 Å². The molecule has 1 aromatic rings. The van der Waals surface area contributed by atoms with Crippen LogP contribution in [0.4, 0.5) is 13.2 Å². The minimum atomic E-state index is -4.79. The van der Waals surface area contributed by atoms with Crippen LogP contribution >= 0.6 is 11.6 Å². The number of benzene rings is 1. The molecule has 0 fully saturated rings. The number of alkyl halides is 3. The van der Waals surface area contributed by atoms with Crippen molar-refractivity contribution < 1.29 is 18.0 Å². The molecular formula is C18H22ClF3O. The summed E-state index contributed by atoms with van der Waals surface area (Å²) in [5.74, 6) is -2.28. The van der Waals surface area contributed by atoms with Crippen LogP contribution in [0.25, 0.3) is 0 Å². The van der Waals surface area contributed by atoms with Crippen LogP contribution in [0, 0.1) is 0 Å². The Kier molecular flexibility index (Phi) is 8.38. The third-order valence-electron chi connectivity index (χ3n) is 3.61. The standard InChI is InChI=1S/C18H22ClF3O/c1-2-3-4-5-6-7-8-15(13-17(23)18(20,21)22)14-9-11-16(19)12-10-14/h7-12,15H,2-6,13H2,1H3/b8-7+/t15-/m0/s1. The van der Waals surface area contributed by atoms with Crippen LogP contribution in [0.2, 0.25) is 5.02 Å². The summed E-state index contributed by atoms with van der Waals surface area (Å²) >= 11 is 5.81. The number of allylic oxidation sites excluding steroid dienone is 2. The number of carbonyl (C=O) groups excluding carboxylic acids is 1. The average molecular weight is 347 g/mol. The average Bonchev–Trinajstić information content (AvgIpc) is 2.49. The van der Waals surface area contributed by atoms with E-state index in [0.29, 0.717) is 10.6 Å². The molecule has 23 heavy (non-hydrogen) atoms. The number of unbranched alkanes of at least 4 members (excludes halogenated alkanes) is 4. The summed E-state index contributed by atoms with van der Waals surface area (Å²) in [5.41, 5.74) is 0.664. The van der Waals surface area contributed by atoms with Crippen molar-refractivity contribution in [3.63, 3.8) is 0 Å². The maximum absolute atomic E-state index is 12.5. The molecule has 0 unspecified atom stereocenters. The number of hydrogen-bond acceptors (Lipinski definition) is 1. The molecule has 5 heteroatoms. The Morgan fingerprint density at radius 1 is 1.17 bits per heavy atom. The minimum Gasteiger partial charge on any atom is -0.290 e. The maximum atomic E-state index is 12.5. The van der Waals surface area contributed by atoms with E-state index in [2.05, 4.69) is 6.92 Å². The molecule has 0 heterocycles. The first-order valence-corrected chi connectivity index (χ1v) is 8.24. The molecule has 0 saturated carbocycles. The van der Waals surface area contributed by atoms with Crippen LogP contribution in [-0.4, -0.2) is 12.0 Å². The first-order valence-electron chi connectivity index (χ1n) is 7.86. The van der Waals surface area contributed by atoms with Gasteiger partial charge in [-0.15, -0.1) is 0 Å². The molecule has 0 radical (unpaired) electrons. The first kappa shape index (κ1) is 19.8. The summed E-state index contributed by atoms with van der Waals surface area (Å²) in [6, 6.07) is 6.57. The molecule has 0 bridgehead atoms. The van der Waals surface area contributed by atoms with Crippen LogP contribution in [0.3, 0.4) is 0 Å². The molecule has 1 nitrogen and oxygen atoms in total. The Morgan fingerprint density at radius 2 is 1.83 bits per heavy atom. The van der Waals surface area contributed by atoms with E-state index in [-0.39, 0.29) is 0 Å². The van der Waals surface area contributed by atoms with Crippen LogP contribution in [-0.2, 0) is 4.79 Å². The van der Waals surface area contributed by atoms with Gasteiger partial charge in [-0.05, 0) is 30.5 Å². The second kappa shape index (κ2) is 9.76. The molecule has 128 valence electrons. The van der Waals surface area contributed by atoms with Crippen molar-refractivity contribution in [1.29, 1.82) is 0 Å². The summed E-state index contributed by atoms with van der Waals surface area (Å²) in [6.45, 7) is 2.12. The molecule has 0 spiro atoms. The molecule has 1 atom stereocenters. The number of Topliss-reactive ketones (excluding diaryl/α,β-unsaturated/α-hetero) is 1. The summed E-state index contributed by atoms with van der Waals surface area (Å²) < 4.78 is 37.6. The lowest BCUT2D eigenvalue weighted by Gasteiger charge is -2.14. The summed E-state index contributed by atoms with van der Waals surface area (Å²) in [7, 11) is 0. The van der Waals surface area contributed by atoms with Crippen molar-refractivity contribution in [3.8, 4) is 0 Å². The number of carbonyl (C=O) groups is 1. The Morgan fingerprint density at radius 3 is 2.39 bits per heavy atom. The van der Waals surface area contributed by atoms with Gasteiger partial charge in [0.25, 0.3) is 0 Å². The van der Waals surface area contributed by atoms with Gasteiger partial charge in [0.15, 0.2) is 0 Å². The fraction of sp³-hybridized carbons (Fsp3) is 0.500. The normalized spacial score (nSPS) is 13.4. The van der Waals surface area contributed by atoms with Gasteiger partial charge < -0.3 is 0 Å². The molecule has 0 aromatic heterocycles. The van der Waals surface area contributed by atoms with Gasteiger partial charge in [0.1, 0.15) is 0 Å². The minimum absolute atomic E-state index is 0.512. The molecule has 0 N–H and O–H groups in total. The third-order valence-corrected chi connectivity index (χ3v) is 3.86. The van der Waals surface area contributed by atoms with E-state index in [0.717, 1.165) is 32.1 Å². The fourth-order valence-corrected chi connectivity index (χ4v) is 2.40. The number of hydrogen-bond donors (Lipinski definition) is 0. The third kappa shape index (κ3) is 7.69. The predicted molar refractivity (Wildman–Crippen MR) is 87.8 cm³/mol. The van der Waals surface area contributed by atoms with E-state index in [1.54, 1.807) is 30.3 Å². The van der Waals surface area contributed by atoms with Gasteiger partial charge in [0.05, 0.1) is 0 Å². The maximum Gasteiger partial charge on any atom is 0.450 e. The Balaban J connectivity index is 2.74. The van der Waals surface area contributed by atoms with E-state index in [1.165, 1.54) is 0 Å². The van der Waals surface area contributed by atoms with Crippen molar-refractivity contribution in [1.82, 2.24) is 0 Å². The quantitative estimate of drug-likeness (QED) is 0.370. The van der Waals surface area contributed by atoms with Crippen LogP contribution in [0.5, 0.6) is 0 Å². The zero-order valence-electron chi connectivity index (χ0n) is 13.2. The number of ketones is 1. The molecule has 1 aromatic carbocycles. The summed E-state index contributed by atoms with van der Waals surface area (Å²) in [6.07, 6.45) is 3.43. The zero-order chi connectivity index (χ0) is 17.3. The molecule has 0 amide bonds. The van der Waals surface area contributed by atoms with Crippen LogP contribution in [0.15, 0.2) is 36.4 Å². The van der Waals surface area contributed by atoms with E-state index < -0.39 is 24.3 Å². The Bertz CT molecular complexity index is 506. The number of rotatable bonds is 9. The summed E-state index contributed by atoms with van der Waals surface area (Å²) in [4.78, 5) is 11.3. The highest BCUT2D eigenvalue weighted by molar-refractivity contribution is 6.30. The van der Waals surface area contributed by atoms with Gasteiger partial charge in [-0.3, -0.25) is 4.79 Å². The molecule has 1 rings (SSSR count). The zero-order valence-corrected chi connectivity index (χ0v) is 14.0. The van der Waals surface area contributed by atoms with Crippen molar-refractivity contribution in [2.24, 2.45) is 0 Å². The second-order valence-electron chi connectivity index (χ2n) is 5.56. The lowest BCUT2D eigenvalue weighted by molar-refractivity contribution is -0.171. The molecule has 0 aliphatic carbocycles. The molecule has 0 aliphatic heterocycles. The van der Waals surface area contributed by atoms with Gasteiger partial charge in [0, 0.05) is 17.4 Å². The van der Waals surface area contributed by atoms with Gasteiger partial charge in [-0.25, -0.2) is 0 Å². The van der Waals surface area contributed by atoms with Gasteiger partial charge in [0.2, 0.25) is 5.78 Å². The lowest BCUT2D eigenvalue weighted by atomic mass is 9.92. The van der Waals surface area contributed by atoms with Gasteiger partial charge in [-0.2, -0.15) is 13.2 Å². The molecular weight excluding hydrogens is 325 g/mol. The second-order valence-corrected chi connectivity index (χ2v) is 6.00. The van der Waals surface area contributed by atoms with Crippen molar-refractivity contribution in [3.05, 3.63) is 47.0 Å². The van der Waals surface area contributed by atoms with E-state index in [1.807, 2.05) is 6.08 Å². The topological polar surface area (TPSA) is 17.1 Å². The highest BCUT2D eigenvalue weighted by Crippen LogP contribution is 2.28. The summed E-state index contributed by atoms with van der Waals surface area (Å²) in [5, 5.41) is 0.512. The van der Waals surface area contributed by atoms with E-state index in [4.69, 9.17) is 11.6 Å². The van der Waals surface area contributed by atoms with Gasteiger partial charge >= 0.3 is 6.18 Å². The monoisotopic (exact) mass is 346 g/mol. The van der Waals surface area contributed by atoms with Crippen LogP contribution < -0.4 is 0 Å². The molecule has 0 aliphatic rings. The largest absolute Gasteiger partial charge is 0.450 e. The van der Waals surface area contributed by atoms with E-state index >= 15 is 0 Å². The molecule has 0 saturated heterocycles. The highest BCUT2D eigenvalue weighted by atomic mass is 35.5. The predicted octanol–water partition coefficient (Wildman–Crippen LogP) is 6.47. The van der Waals surface area contributed by atoms with Crippen LogP contribution in [0.1, 0.15) is 56.9 Å². The fourth-order valence-electron chi connectivity index (χ4n) is 2.27. The smallest absolute Gasteiger partial charge is 0.290 e. The van der Waals surface area contributed by atoms with E-state index in [9.17, 15) is 18.0 Å². The Labute approximate surface area is 140 Å². The highest BCUT2D eigenvalue weighted by Gasteiger charge is 2.38. The lowest BCUT2D eigenvalue weighted by Crippen LogP contribution is -2.24. The Hall–Kier alpha value is -1.29.